The van der Waals surface area contributed by atoms with E-state index in [1.807, 2.05) is 19.1 Å². The molecule has 4 heteroatoms. The lowest BCUT2D eigenvalue weighted by Gasteiger charge is -2.08. The summed E-state index contributed by atoms with van der Waals surface area (Å²) in [5, 5.41) is 11.7. The Morgan fingerprint density at radius 3 is 2.80 bits per heavy atom. The Balaban J connectivity index is 2.70. The molecule has 15 heavy (non-hydrogen) atoms. The van der Waals surface area contributed by atoms with Gasteiger partial charge < -0.3 is 10.4 Å². The number of hydrogen-bond acceptors (Lipinski definition) is 2. The molecule has 0 aliphatic rings. The maximum atomic E-state index is 11.6. The number of aryl methyl sites for hydroxylation is 1. The number of hydrogen-bond donors (Lipinski definition) is 2. The highest BCUT2D eigenvalue weighted by atomic mass is 127. The summed E-state index contributed by atoms with van der Waals surface area (Å²) in [7, 11) is 0. The molecule has 1 aromatic rings. The number of halogens is 1. The molecule has 0 heterocycles. The molecule has 0 aliphatic heterocycles. The van der Waals surface area contributed by atoms with Gasteiger partial charge >= 0.3 is 0 Å². The predicted octanol–water partition coefficient (Wildman–Crippen LogP) is 1.71. The van der Waals surface area contributed by atoms with E-state index in [4.69, 9.17) is 5.11 Å². The molecule has 0 aromatic heterocycles. The number of carbonyl (C=O) groups excluding carboxylic acids is 1. The molecule has 1 amide bonds. The molecule has 1 atom stereocenters. The molecule has 1 rings (SSSR count). The van der Waals surface area contributed by atoms with Crippen LogP contribution < -0.4 is 5.32 Å². The van der Waals surface area contributed by atoms with Crippen LogP contribution in [-0.2, 0) is 0 Å². The van der Waals surface area contributed by atoms with Gasteiger partial charge in [0.2, 0.25) is 0 Å². The van der Waals surface area contributed by atoms with Crippen molar-refractivity contribution >= 4 is 28.5 Å². The van der Waals surface area contributed by atoms with Crippen LogP contribution in [0.3, 0.4) is 0 Å². The van der Waals surface area contributed by atoms with Crippen molar-refractivity contribution in [2.75, 3.05) is 6.54 Å². The fourth-order valence-corrected chi connectivity index (χ4v) is 1.59. The molecule has 0 saturated carbocycles. The van der Waals surface area contributed by atoms with Gasteiger partial charge in [-0.2, -0.15) is 0 Å². The van der Waals surface area contributed by atoms with E-state index in [9.17, 15) is 4.79 Å². The van der Waals surface area contributed by atoms with E-state index in [-0.39, 0.29) is 12.5 Å². The molecule has 0 radical (unpaired) electrons. The summed E-state index contributed by atoms with van der Waals surface area (Å²) in [5.74, 6) is -0.145. The van der Waals surface area contributed by atoms with Crippen molar-refractivity contribution < 1.29 is 9.90 Å². The zero-order valence-electron chi connectivity index (χ0n) is 8.75. The van der Waals surface area contributed by atoms with Crippen LogP contribution >= 0.6 is 22.6 Å². The van der Waals surface area contributed by atoms with Crippen molar-refractivity contribution in [3.8, 4) is 0 Å². The van der Waals surface area contributed by atoms with Gasteiger partial charge in [-0.1, -0.05) is 6.07 Å². The lowest BCUT2D eigenvalue weighted by molar-refractivity contribution is 0.0924. The van der Waals surface area contributed by atoms with Crippen molar-refractivity contribution in [1.29, 1.82) is 0 Å². The molecule has 2 N–H and O–H groups in total. The second-order valence-electron chi connectivity index (χ2n) is 3.52. The first kappa shape index (κ1) is 12.4. The van der Waals surface area contributed by atoms with Gasteiger partial charge in [0.15, 0.2) is 0 Å². The van der Waals surface area contributed by atoms with E-state index in [0.29, 0.717) is 5.56 Å². The van der Waals surface area contributed by atoms with Crippen LogP contribution in [0, 0.1) is 10.5 Å². The number of rotatable bonds is 3. The van der Waals surface area contributed by atoms with Crippen molar-refractivity contribution in [3.05, 3.63) is 32.9 Å². The van der Waals surface area contributed by atoms with Crippen LogP contribution in [0.1, 0.15) is 22.8 Å². The minimum Gasteiger partial charge on any atom is -0.392 e. The minimum atomic E-state index is -0.515. The van der Waals surface area contributed by atoms with Gasteiger partial charge in [-0.15, -0.1) is 0 Å². The summed E-state index contributed by atoms with van der Waals surface area (Å²) >= 11 is 2.20. The third-order valence-corrected chi connectivity index (χ3v) is 3.15. The van der Waals surface area contributed by atoms with Gasteiger partial charge in [0.25, 0.3) is 5.91 Å². The van der Waals surface area contributed by atoms with Gasteiger partial charge in [0.1, 0.15) is 0 Å². The largest absolute Gasteiger partial charge is 0.392 e. The first-order valence-electron chi connectivity index (χ1n) is 4.73. The Morgan fingerprint density at radius 2 is 2.27 bits per heavy atom. The highest BCUT2D eigenvalue weighted by Crippen LogP contribution is 2.13. The molecule has 82 valence electrons. The van der Waals surface area contributed by atoms with E-state index in [0.717, 1.165) is 9.13 Å². The van der Waals surface area contributed by atoms with E-state index in [1.165, 1.54) is 0 Å². The lowest BCUT2D eigenvalue weighted by atomic mass is 10.1. The maximum absolute atomic E-state index is 11.6. The second-order valence-corrected chi connectivity index (χ2v) is 4.69. The molecule has 0 fully saturated rings. The summed E-state index contributed by atoms with van der Waals surface area (Å²) in [5.41, 5.74) is 1.79. The third kappa shape index (κ3) is 3.79. The van der Waals surface area contributed by atoms with E-state index in [2.05, 4.69) is 27.9 Å². The Hall–Kier alpha value is -0.620. The average molecular weight is 319 g/mol. The van der Waals surface area contributed by atoms with E-state index in [1.54, 1.807) is 13.0 Å². The van der Waals surface area contributed by atoms with Crippen LogP contribution in [-0.4, -0.2) is 23.7 Å². The number of aliphatic hydroxyl groups is 1. The normalized spacial score (nSPS) is 12.3. The van der Waals surface area contributed by atoms with Crippen LogP contribution in [0.5, 0.6) is 0 Å². The SMILES string of the molecule is Cc1ccc(C(=O)NCC(C)O)cc1I. The van der Waals surface area contributed by atoms with Crippen LogP contribution in [0.2, 0.25) is 0 Å². The lowest BCUT2D eigenvalue weighted by Crippen LogP contribution is -2.30. The van der Waals surface area contributed by atoms with Crippen molar-refractivity contribution in [2.24, 2.45) is 0 Å². The summed E-state index contributed by atoms with van der Waals surface area (Å²) in [6.07, 6.45) is -0.515. The maximum Gasteiger partial charge on any atom is 0.251 e. The zero-order valence-corrected chi connectivity index (χ0v) is 10.9. The van der Waals surface area contributed by atoms with Crippen LogP contribution in [0.4, 0.5) is 0 Å². The molecule has 3 nitrogen and oxygen atoms in total. The van der Waals surface area contributed by atoms with Crippen molar-refractivity contribution in [3.63, 3.8) is 0 Å². The Kier molecular flexibility index (Phi) is 4.53. The predicted molar refractivity (Wildman–Crippen MR) is 67.9 cm³/mol. The van der Waals surface area contributed by atoms with Crippen molar-refractivity contribution in [1.82, 2.24) is 5.32 Å². The Morgan fingerprint density at radius 1 is 1.60 bits per heavy atom. The highest BCUT2D eigenvalue weighted by Gasteiger charge is 2.07. The molecule has 1 aromatic carbocycles. The average Bonchev–Trinajstić information content (AvgIpc) is 2.18. The molecule has 0 saturated heterocycles. The Labute approximate surface area is 103 Å². The molecular weight excluding hydrogens is 305 g/mol. The topological polar surface area (TPSA) is 49.3 Å². The number of aliphatic hydroxyl groups excluding tert-OH is 1. The third-order valence-electron chi connectivity index (χ3n) is 1.99. The summed E-state index contributed by atoms with van der Waals surface area (Å²) in [6.45, 7) is 3.92. The summed E-state index contributed by atoms with van der Waals surface area (Å²) in [4.78, 5) is 11.6. The fraction of sp³-hybridized carbons (Fsp3) is 0.364. The molecule has 0 spiro atoms. The first-order chi connectivity index (χ1) is 7.00. The van der Waals surface area contributed by atoms with Crippen molar-refractivity contribution in [2.45, 2.75) is 20.0 Å². The monoisotopic (exact) mass is 319 g/mol. The van der Waals surface area contributed by atoms with Gasteiger partial charge in [-0.3, -0.25) is 4.79 Å². The number of carbonyl (C=O) groups is 1. The molecular formula is C11H14INO2. The zero-order chi connectivity index (χ0) is 11.4. The smallest absolute Gasteiger partial charge is 0.251 e. The standard InChI is InChI=1S/C11H14INO2/c1-7-3-4-9(5-10(7)12)11(15)13-6-8(2)14/h3-5,8,14H,6H2,1-2H3,(H,13,15). The molecule has 1 unspecified atom stereocenters. The number of amides is 1. The number of nitrogens with one attached hydrogen (secondary N) is 1. The number of benzene rings is 1. The molecule has 0 aliphatic carbocycles. The summed E-state index contributed by atoms with van der Waals surface area (Å²) < 4.78 is 1.07. The molecule has 0 bridgehead atoms. The second kappa shape index (κ2) is 5.46. The van der Waals surface area contributed by atoms with Crippen LogP contribution in [0.15, 0.2) is 18.2 Å². The van der Waals surface area contributed by atoms with Gasteiger partial charge in [0, 0.05) is 15.7 Å². The summed E-state index contributed by atoms with van der Waals surface area (Å²) in [6, 6.07) is 5.54. The highest BCUT2D eigenvalue weighted by molar-refractivity contribution is 14.1. The van der Waals surface area contributed by atoms with Crippen LogP contribution in [0.25, 0.3) is 0 Å². The fourth-order valence-electron chi connectivity index (χ4n) is 1.08. The van der Waals surface area contributed by atoms with E-state index >= 15 is 0 Å². The van der Waals surface area contributed by atoms with Gasteiger partial charge in [-0.25, -0.2) is 0 Å². The van der Waals surface area contributed by atoms with Gasteiger partial charge in [0.05, 0.1) is 6.10 Å². The Bertz CT molecular complexity index is 364. The van der Waals surface area contributed by atoms with E-state index < -0.39 is 6.10 Å². The first-order valence-corrected chi connectivity index (χ1v) is 5.81. The quantitative estimate of drug-likeness (QED) is 0.834. The minimum absolute atomic E-state index is 0.145. The van der Waals surface area contributed by atoms with Gasteiger partial charge in [-0.05, 0) is 54.1 Å².